The van der Waals surface area contributed by atoms with Crippen molar-refractivity contribution in [3.63, 3.8) is 0 Å². The maximum absolute atomic E-state index is 12.7. The van der Waals surface area contributed by atoms with Crippen molar-refractivity contribution in [1.29, 1.82) is 0 Å². The maximum atomic E-state index is 12.7. The van der Waals surface area contributed by atoms with E-state index in [-0.39, 0.29) is 24.0 Å². The smallest absolute Gasteiger partial charge is 0.358 e. The van der Waals surface area contributed by atoms with Gasteiger partial charge in [-0.05, 0) is 9.91 Å². The second kappa shape index (κ2) is 5.23. The SMILES string of the molecule is CN(Cc1nccn1C(F)F)c1c([N+](=O)[O-])ncn1C. The van der Waals surface area contributed by atoms with Gasteiger partial charge in [0.2, 0.25) is 12.1 Å². The lowest BCUT2D eigenvalue weighted by Crippen LogP contribution is -2.22. The van der Waals surface area contributed by atoms with E-state index in [1.54, 1.807) is 14.1 Å². The lowest BCUT2D eigenvalue weighted by Gasteiger charge is -2.18. The van der Waals surface area contributed by atoms with E-state index < -0.39 is 11.5 Å². The number of anilines is 1. The number of aromatic nitrogens is 4. The Morgan fingerprint density at radius 3 is 2.80 bits per heavy atom. The normalized spacial score (nSPS) is 11.1. The Kier molecular flexibility index (Phi) is 3.63. The molecule has 20 heavy (non-hydrogen) atoms. The van der Waals surface area contributed by atoms with E-state index in [0.29, 0.717) is 4.57 Å². The topological polar surface area (TPSA) is 82.0 Å². The van der Waals surface area contributed by atoms with Crippen LogP contribution in [-0.4, -0.2) is 31.1 Å². The number of nitrogens with zero attached hydrogens (tertiary/aromatic N) is 6. The number of nitro groups is 1. The monoisotopic (exact) mass is 286 g/mol. The van der Waals surface area contributed by atoms with E-state index >= 15 is 0 Å². The molecule has 2 rings (SSSR count). The average molecular weight is 286 g/mol. The van der Waals surface area contributed by atoms with Crippen LogP contribution >= 0.6 is 0 Å². The van der Waals surface area contributed by atoms with Crippen LogP contribution in [0.5, 0.6) is 0 Å². The second-order valence-electron chi connectivity index (χ2n) is 4.14. The zero-order chi connectivity index (χ0) is 14.9. The van der Waals surface area contributed by atoms with Crippen molar-refractivity contribution < 1.29 is 13.7 Å². The molecule has 0 aromatic carbocycles. The first-order valence-electron chi connectivity index (χ1n) is 5.58. The summed E-state index contributed by atoms with van der Waals surface area (Å²) in [4.78, 5) is 19.2. The summed E-state index contributed by atoms with van der Waals surface area (Å²) in [6.07, 6.45) is 3.71. The third-order valence-electron chi connectivity index (χ3n) is 2.76. The number of halogens is 2. The standard InChI is InChI=1S/C10H12F2N6O2/c1-15(5-7-13-3-4-17(7)10(11)12)9-8(18(19)20)14-6-16(9)2/h3-4,6,10H,5H2,1-2H3. The number of imidazole rings is 2. The van der Waals surface area contributed by atoms with Gasteiger partial charge in [0.15, 0.2) is 0 Å². The fourth-order valence-electron chi connectivity index (χ4n) is 1.91. The van der Waals surface area contributed by atoms with Crippen molar-refractivity contribution in [2.75, 3.05) is 11.9 Å². The minimum atomic E-state index is -2.71. The van der Waals surface area contributed by atoms with Crippen LogP contribution in [0.2, 0.25) is 0 Å². The molecule has 10 heteroatoms. The first-order chi connectivity index (χ1) is 9.41. The zero-order valence-corrected chi connectivity index (χ0v) is 10.8. The number of hydrogen-bond acceptors (Lipinski definition) is 5. The molecule has 0 unspecified atom stereocenters. The van der Waals surface area contributed by atoms with Gasteiger partial charge in [0.1, 0.15) is 5.82 Å². The summed E-state index contributed by atoms with van der Waals surface area (Å²) in [6.45, 7) is -2.71. The molecule has 0 atom stereocenters. The van der Waals surface area contributed by atoms with Gasteiger partial charge in [-0.25, -0.2) is 4.98 Å². The summed E-state index contributed by atoms with van der Waals surface area (Å²) in [5.41, 5.74) is 0. The summed E-state index contributed by atoms with van der Waals surface area (Å²) in [5.74, 6) is 0.00182. The lowest BCUT2D eigenvalue weighted by molar-refractivity contribution is -0.388. The molecule has 8 nitrogen and oxygen atoms in total. The summed E-state index contributed by atoms with van der Waals surface area (Å²) < 4.78 is 27.6. The molecule has 0 aliphatic rings. The molecule has 0 amide bonds. The van der Waals surface area contributed by atoms with Gasteiger partial charge in [-0.15, -0.1) is 0 Å². The fourth-order valence-corrected chi connectivity index (χ4v) is 1.91. The van der Waals surface area contributed by atoms with Crippen LogP contribution in [-0.2, 0) is 13.6 Å². The van der Waals surface area contributed by atoms with Crippen LogP contribution in [0.25, 0.3) is 0 Å². The highest BCUT2D eigenvalue weighted by molar-refractivity contribution is 5.53. The van der Waals surface area contributed by atoms with Gasteiger partial charge < -0.3 is 15.0 Å². The number of alkyl halides is 2. The van der Waals surface area contributed by atoms with Crippen molar-refractivity contribution in [3.8, 4) is 0 Å². The van der Waals surface area contributed by atoms with E-state index in [1.807, 2.05) is 0 Å². The molecular weight excluding hydrogens is 274 g/mol. The van der Waals surface area contributed by atoms with Gasteiger partial charge >= 0.3 is 12.4 Å². The molecule has 0 radical (unpaired) electrons. The van der Waals surface area contributed by atoms with Crippen LogP contribution in [0, 0.1) is 10.1 Å². The largest absolute Gasteiger partial charge is 0.406 e. The molecular formula is C10H12F2N6O2. The Balaban J connectivity index is 2.28. The van der Waals surface area contributed by atoms with Gasteiger partial charge in [0, 0.05) is 26.5 Å². The zero-order valence-electron chi connectivity index (χ0n) is 10.8. The molecule has 0 bridgehead atoms. The van der Waals surface area contributed by atoms with E-state index in [0.717, 1.165) is 6.20 Å². The van der Waals surface area contributed by atoms with E-state index in [1.165, 1.54) is 22.0 Å². The fraction of sp³-hybridized carbons (Fsp3) is 0.400. The molecule has 2 aromatic rings. The molecule has 0 saturated carbocycles. The Morgan fingerprint density at radius 1 is 1.50 bits per heavy atom. The Hall–Kier alpha value is -2.52. The Bertz CT molecular complexity index is 623. The van der Waals surface area contributed by atoms with E-state index in [4.69, 9.17) is 0 Å². The van der Waals surface area contributed by atoms with E-state index in [9.17, 15) is 18.9 Å². The highest BCUT2D eigenvalue weighted by Crippen LogP contribution is 2.26. The predicted molar refractivity (Wildman–Crippen MR) is 65.4 cm³/mol. The summed E-state index contributed by atoms with van der Waals surface area (Å²) in [7, 11) is 3.14. The summed E-state index contributed by atoms with van der Waals surface area (Å²) >= 11 is 0. The van der Waals surface area contributed by atoms with Crippen LogP contribution in [0.1, 0.15) is 12.4 Å². The molecule has 2 aromatic heterocycles. The van der Waals surface area contributed by atoms with Gasteiger partial charge in [0.25, 0.3) is 0 Å². The van der Waals surface area contributed by atoms with Crippen molar-refractivity contribution >= 4 is 11.6 Å². The minimum Gasteiger partial charge on any atom is -0.358 e. The third-order valence-corrected chi connectivity index (χ3v) is 2.76. The van der Waals surface area contributed by atoms with Crippen LogP contribution in [0.3, 0.4) is 0 Å². The molecule has 0 fully saturated rings. The summed E-state index contributed by atoms with van der Waals surface area (Å²) in [6, 6.07) is 0. The molecule has 0 aliphatic carbocycles. The summed E-state index contributed by atoms with van der Waals surface area (Å²) in [5, 5.41) is 10.9. The van der Waals surface area contributed by atoms with Crippen LogP contribution in [0.4, 0.5) is 20.4 Å². The highest BCUT2D eigenvalue weighted by Gasteiger charge is 2.24. The van der Waals surface area contributed by atoms with Crippen molar-refractivity contribution in [3.05, 3.63) is 34.7 Å². The Morgan fingerprint density at radius 2 is 2.20 bits per heavy atom. The molecule has 0 aliphatic heterocycles. The van der Waals surface area contributed by atoms with Crippen molar-refractivity contribution in [1.82, 2.24) is 19.1 Å². The minimum absolute atomic E-state index is 0.00227. The average Bonchev–Trinajstić information content (AvgIpc) is 2.95. The molecule has 108 valence electrons. The molecule has 0 N–H and O–H groups in total. The van der Waals surface area contributed by atoms with Crippen molar-refractivity contribution in [2.24, 2.45) is 7.05 Å². The lowest BCUT2D eigenvalue weighted by atomic mass is 10.4. The maximum Gasteiger partial charge on any atom is 0.406 e. The molecule has 2 heterocycles. The first kappa shape index (κ1) is 13.9. The first-order valence-corrected chi connectivity index (χ1v) is 5.58. The van der Waals surface area contributed by atoms with Crippen LogP contribution < -0.4 is 4.90 Å². The predicted octanol–water partition coefficient (Wildman–Crippen LogP) is 1.56. The number of hydrogen-bond donors (Lipinski definition) is 0. The van der Waals surface area contributed by atoms with Gasteiger partial charge in [-0.2, -0.15) is 8.78 Å². The number of rotatable bonds is 5. The van der Waals surface area contributed by atoms with Crippen LogP contribution in [0.15, 0.2) is 18.7 Å². The number of aryl methyl sites for hydroxylation is 1. The molecule has 0 saturated heterocycles. The quantitative estimate of drug-likeness (QED) is 0.615. The van der Waals surface area contributed by atoms with Gasteiger partial charge in [-0.1, -0.05) is 0 Å². The van der Waals surface area contributed by atoms with Gasteiger partial charge in [0.05, 0.1) is 6.54 Å². The Labute approximate surface area is 112 Å². The van der Waals surface area contributed by atoms with Crippen molar-refractivity contribution in [2.45, 2.75) is 13.1 Å². The third kappa shape index (κ3) is 2.44. The second-order valence-corrected chi connectivity index (χ2v) is 4.14. The molecule has 0 spiro atoms. The van der Waals surface area contributed by atoms with E-state index in [2.05, 4.69) is 9.97 Å². The van der Waals surface area contributed by atoms with Gasteiger partial charge in [-0.3, -0.25) is 9.13 Å². The highest BCUT2D eigenvalue weighted by atomic mass is 19.3.